The molecule has 146 valence electrons. The van der Waals surface area contributed by atoms with Crippen LogP contribution in [0.5, 0.6) is 0 Å². The van der Waals surface area contributed by atoms with Crippen LogP contribution in [0.1, 0.15) is 41.3 Å². The first-order valence-corrected chi connectivity index (χ1v) is 10.9. The van der Waals surface area contributed by atoms with Gasteiger partial charge >= 0.3 is 0 Å². The molecular weight excluding hydrogens is 376 g/mol. The lowest BCUT2D eigenvalue weighted by atomic mass is 9.99. The fourth-order valence-corrected chi connectivity index (χ4v) is 4.59. The number of hydrogen-bond acceptors (Lipinski definition) is 4. The molecule has 0 bridgehead atoms. The van der Waals surface area contributed by atoms with Crippen LogP contribution in [0.2, 0.25) is 0 Å². The maximum absolute atomic E-state index is 12.7. The van der Waals surface area contributed by atoms with Crippen molar-refractivity contribution >= 4 is 27.4 Å². The van der Waals surface area contributed by atoms with Crippen LogP contribution in [-0.2, 0) is 27.8 Å². The number of ketones is 1. The van der Waals surface area contributed by atoms with Gasteiger partial charge in [-0.15, -0.1) is 0 Å². The molecule has 1 aliphatic carbocycles. The number of Topliss-reactive ketones (excluding diaryl/α,β-unsaturated/α-hetero) is 1. The van der Waals surface area contributed by atoms with E-state index in [1.54, 1.807) is 24.3 Å². The molecule has 0 unspecified atom stereocenters. The van der Waals surface area contributed by atoms with Crippen molar-refractivity contribution in [3.8, 4) is 0 Å². The van der Waals surface area contributed by atoms with Gasteiger partial charge in [-0.1, -0.05) is 18.2 Å². The van der Waals surface area contributed by atoms with Crippen molar-refractivity contribution in [3.05, 3.63) is 59.2 Å². The molecule has 2 aromatic carbocycles. The zero-order valence-corrected chi connectivity index (χ0v) is 16.5. The number of carbonyl (C=O) groups is 2. The Hall–Kier alpha value is -2.67. The molecule has 7 heteroatoms. The highest BCUT2D eigenvalue weighted by Gasteiger charge is 2.34. The van der Waals surface area contributed by atoms with Crippen LogP contribution in [0.25, 0.3) is 0 Å². The van der Waals surface area contributed by atoms with E-state index >= 15 is 0 Å². The number of fused-ring (bicyclic) bond motifs is 1. The molecule has 0 aromatic heterocycles. The van der Waals surface area contributed by atoms with Gasteiger partial charge in [-0.05, 0) is 61.6 Å². The summed E-state index contributed by atoms with van der Waals surface area (Å²) in [7, 11) is -3.81. The van der Waals surface area contributed by atoms with Gasteiger partial charge < -0.3 is 4.90 Å². The third-order valence-corrected chi connectivity index (χ3v) is 6.64. The van der Waals surface area contributed by atoms with E-state index in [1.807, 2.05) is 11.0 Å². The van der Waals surface area contributed by atoms with Gasteiger partial charge in [-0.2, -0.15) is 0 Å². The van der Waals surface area contributed by atoms with E-state index in [9.17, 15) is 18.0 Å². The number of benzene rings is 2. The molecule has 2 aromatic rings. The Morgan fingerprint density at radius 3 is 2.57 bits per heavy atom. The summed E-state index contributed by atoms with van der Waals surface area (Å²) in [6.07, 6.45) is 2.73. The summed E-state index contributed by atoms with van der Waals surface area (Å²) >= 11 is 0. The summed E-state index contributed by atoms with van der Waals surface area (Å²) in [5.41, 5.74) is 2.91. The van der Waals surface area contributed by atoms with Crippen molar-refractivity contribution in [2.45, 2.75) is 37.6 Å². The summed E-state index contributed by atoms with van der Waals surface area (Å²) in [6.45, 7) is 2.63. The average molecular weight is 398 g/mol. The van der Waals surface area contributed by atoms with E-state index < -0.39 is 10.0 Å². The lowest BCUT2D eigenvalue weighted by Gasteiger charge is -2.29. The zero-order valence-electron chi connectivity index (χ0n) is 15.6. The smallest absolute Gasteiger partial charge is 0.261 e. The Morgan fingerprint density at radius 1 is 1.07 bits per heavy atom. The molecular formula is C21H22N2O4S. The molecule has 0 saturated heterocycles. The Morgan fingerprint density at radius 2 is 1.86 bits per heavy atom. The van der Waals surface area contributed by atoms with E-state index in [2.05, 4.69) is 4.72 Å². The first kappa shape index (κ1) is 18.7. The molecule has 4 rings (SSSR count). The van der Waals surface area contributed by atoms with Crippen LogP contribution >= 0.6 is 0 Å². The van der Waals surface area contributed by atoms with Gasteiger partial charge in [0, 0.05) is 30.3 Å². The standard InChI is InChI=1S/C21H22N2O4S/c1-14(24)17-3-2-4-20(12-17)28(26,27)22-19-8-7-15-9-10-23(13-18(15)11-19)21(25)16-5-6-16/h2-4,7-8,11-12,16,22H,5-6,9-10,13H2,1H3. The maximum Gasteiger partial charge on any atom is 0.261 e. The topological polar surface area (TPSA) is 83.6 Å². The van der Waals surface area contributed by atoms with Gasteiger partial charge in [0.15, 0.2) is 5.78 Å². The van der Waals surface area contributed by atoms with Crippen LogP contribution in [-0.4, -0.2) is 31.6 Å². The monoisotopic (exact) mass is 398 g/mol. The molecule has 1 aliphatic heterocycles. The van der Waals surface area contributed by atoms with Crippen LogP contribution < -0.4 is 4.72 Å². The highest BCUT2D eigenvalue weighted by atomic mass is 32.2. The molecule has 1 amide bonds. The summed E-state index contributed by atoms with van der Waals surface area (Å²) < 4.78 is 28.0. The molecule has 1 fully saturated rings. The molecule has 6 nitrogen and oxygen atoms in total. The predicted molar refractivity (Wildman–Crippen MR) is 106 cm³/mol. The number of carbonyl (C=O) groups excluding carboxylic acids is 2. The highest BCUT2D eigenvalue weighted by molar-refractivity contribution is 7.92. The van der Waals surface area contributed by atoms with E-state index in [1.165, 1.54) is 19.1 Å². The Labute approximate surface area is 164 Å². The van der Waals surface area contributed by atoms with Crippen molar-refractivity contribution in [3.63, 3.8) is 0 Å². The second kappa shape index (κ2) is 7.05. The number of amides is 1. The first-order chi connectivity index (χ1) is 13.3. The van der Waals surface area contributed by atoms with Gasteiger partial charge in [-0.3, -0.25) is 14.3 Å². The lowest BCUT2D eigenvalue weighted by Crippen LogP contribution is -2.36. The number of nitrogens with zero attached hydrogens (tertiary/aromatic N) is 1. The summed E-state index contributed by atoms with van der Waals surface area (Å²) in [5.74, 6) is 0.195. The molecule has 1 N–H and O–H groups in total. The molecule has 1 saturated carbocycles. The van der Waals surface area contributed by atoms with Gasteiger partial charge in [0.25, 0.3) is 10.0 Å². The van der Waals surface area contributed by atoms with Gasteiger partial charge in [0.05, 0.1) is 4.90 Å². The second-order valence-corrected chi connectivity index (χ2v) is 9.14. The van der Waals surface area contributed by atoms with Crippen molar-refractivity contribution in [2.24, 2.45) is 5.92 Å². The molecule has 0 atom stereocenters. The number of hydrogen-bond donors (Lipinski definition) is 1. The maximum atomic E-state index is 12.7. The summed E-state index contributed by atoms with van der Waals surface area (Å²) in [5, 5.41) is 0. The van der Waals surface area contributed by atoms with Crippen LogP contribution in [0.15, 0.2) is 47.4 Å². The second-order valence-electron chi connectivity index (χ2n) is 7.46. The Bertz CT molecular complexity index is 1060. The van der Waals surface area contributed by atoms with Gasteiger partial charge in [0.2, 0.25) is 5.91 Å². The molecule has 1 heterocycles. The van der Waals surface area contributed by atoms with Crippen molar-refractivity contribution in [1.29, 1.82) is 0 Å². The van der Waals surface area contributed by atoms with Gasteiger partial charge in [0.1, 0.15) is 0 Å². The molecule has 0 radical (unpaired) electrons. The van der Waals surface area contributed by atoms with Crippen molar-refractivity contribution in [1.82, 2.24) is 4.90 Å². The third-order valence-electron chi connectivity index (χ3n) is 5.26. The fraction of sp³-hybridized carbons (Fsp3) is 0.333. The Kier molecular flexibility index (Phi) is 4.71. The van der Waals surface area contributed by atoms with E-state index in [4.69, 9.17) is 0 Å². The minimum Gasteiger partial charge on any atom is -0.338 e. The largest absolute Gasteiger partial charge is 0.338 e. The van der Waals surface area contributed by atoms with Crippen LogP contribution in [0.3, 0.4) is 0 Å². The Balaban J connectivity index is 1.55. The quantitative estimate of drug-likeness (QED) is 0.785. The van der Waals surface area contributed by atoms with Crippen LogP contribution in [0.4, 0.5) is 5.69 Å². The van der Waals surface area contributed by atoms with Crippen LogP contribution in [0, 0.1) is 5.92 Å². The minimum atomic E-state index is -3.81. The lowest BCUT2D eigenvalue weighted by molar-refractivity contribution is -0.133. The van der Waals surface area contributed by atoms with E-state index in [0.29, 0.717) is 24.3 Å². The number of nitrogens with one attached hydrogen (secondary N) is 1. The van der Waals surface area contributed by atoms with E-state index in [0.717, 1.165) is 30.4 Å². The number of rotatable bonds is 5. The highest BCUT2D eigenvalue weighted by Crippen LogP contribution is 2.33. The minimum absolute atomic E-state index is 0.0449. The zero-order chi connectivity index (χ0) is 19.9. The molecule has 0 spiro atoms. The van der Waals surface area contributed by atoms with Crippen molar-refractivity contribution < 1.29 is 18.0 Å². The molecule has 2 aliphatic rings. The van der Waals surface area contributed by atoms with Crippen molar-refractivity contribution in [2.75, 3.05) is 11.3 Å². The SMILES string of the molecule is CC(=O)c1cccc(S(=O)(=O)Nc2ccc3c(c2)CN(C(=O)C2CC2)CC3)c1. The summed E-state index contributed by atoms with van der Waals surface area (Å²) in [4.78, 5) is 25.8. The normalized spacial score (nSPS) is 16.4. The fourth-order valence-electron chi connectivity index (χ4n) is 3.49. The van der Waals surface area contributed by atoms with Gasteiger partial charge in [-0.25, -0.2) is 8.42 Å². The molecule has 28 heavy (non-hydrogen) atoms. The number of sulfonamides is 1. The van der Waals surface area contributed by atoms with E-state index in [-0.39, 0.29) is 22.5 Å². The third kappa shape index (κ3) is 3.80. The average Bonchev–Trinajstić information content (AvgIpc) is 3.52. The number of anilines is 1. The predicted octanol–water partition coefficient (Wildman–Crippen LogP) is 2.98. The first-order valence-electron chi connectivity index (χ1n) is 9.38. The summed E-state index contributed by atoms with van der Waals surface area (Å²) in [6, 6.07) is 11.4.